The van der Waals surface area contributed by atoms with Crippen molar-refractivity contribution in [2.24, 2.45) is 5.73 Å². The third-order valence-electron chi connectivity index (χ3n) is 6.91. The highest BCUT2D eigenvalue weighted by Crippen LogP contribution is 2.05. The SMILES string of the molecule is N[C@H](Cc1ccccc1)C(=O)NNC(=O)c1ccc(CNC(=O)CN(CCN(CC(=O)O)CC(=O)O)CCN(CC(=O)O)CC(=O)O)cc1. The van der Waals surface area contributed by atoms with Crippen LogP contribution >= 0.6 is 0 Å². The number of carbonyl (C=O) groups excluding carboxylic acids is 3. The van der Waals surface area contributed by atoms with Crippen molar-refractivity contribution in [3.63, 3.8) is 0 Å². The van der Waals surface area contributed by atoms with Crippen LogP contribution in [0, 0.1) is 0 Å². The molecule has 3 amide bonds. The second-order valence-corrected chi connectivity index (χ2v) is 11.0. The molecule has 0 radical (unpaired) electrons. The van der Waals surface area contributed by atoms with Gasteiger partial charge in [0.15, 0.2) is 0 Å². The normalized spacial score (nSPS) is 11.6. The highest BCUT2D eigenvalue weighted by atomic mass is 16.4. The Morgan fingerprint density at radius 1 is 0.592 bits per heavy atom. The lowest BCUT2D eigenvalue weighted by atomic mass is 10.1. The number of nitrogens with one attached hydrogen (secondary N) is 3. The van der Waals surface area contributed by atoms with Gasteiger partial charge in [-0.25, -0.2) is 0 Å². The summed E-state index contributed by atoms with van der Waals surface area (Å²) in [5, 5.41) is 39.2. The molecule has 18 heteroatoms. The van der Waals surface area contributed by atoms with Gasteiger partial charge in [0, 0.05) is 38.3 Å². The molecule has 0 heterocycles. The monoisotopic (exact) mass is 687 g/mol. The zero-order valence-electron chi connectivity index (χ0n) is 26.6. The standard InChI is InChI=1S/C31H41N7O11/c32-24(14-21-4-2-1-3-5-21)31(49)35-34-30(48)23-8-6-22(7-9-23)15-33-25(39)16-36(10-12-37(17-26(40)41)18-27(42)43)11-13-38(19-28(44)45)20-29(46)47/h1-9,24H,10-20,32H2,(H,33,39)(H,34,48)(H,35,49)(H,40,41)(H,42,43)(H,44,45)(H,46,47)/t24-/m1/s1. The minimum Gasteiger partial charge on any atom is -0.480 e. The van der Waals surface area contributed by atoms with E-state index in [1.165, 1.54) is 17.0 Å². The number of hydrogen-bond acceptors (Lipinski definition) is 11. The third-order valence-corrected chi connectivity index (χ3v) is 6.91. The molecule has 0 saturated heterocycles. The summed E-state index contributed by atoms with van der Waals surface area (Å²) >= 11 is 0. The van der Waals surface area contributed by atoms with E-state index in [2.05, 4.69) is 16.2 Å². The molecule has 0 fully saturated rings. The van der Waals surface area contributed by atoms with Crippen LogP contribution in [0.25, 0.3) is 0 Å². The van der Waals surface area contributed by atoms with Crippen molar-refractivity contribution in [2.45, 2.75) is 19.0 Å². The van der Waals surface area contributed by atoms with Crippen LogP contribution in [0.3, 0.4) is 0 Å². The third kappa shape index (κ3) is 16.8. The van der Waals surface area contributed by atoms with E-state index in [1.54, 1.807) is 12.1 Å². The predicted molar refractivity (Wildman–Crippen MR) is 172 cm³/mol. The lowest BCUT2D eigenvalue weighted by Gasteiger charge is -2.28. The summed E-state index contributed by atoms with van der Waals surface area (Å²) < 4.78 is 0. The Kier molecular flexibility index (Phi) is 16.8. The minimum atomic E-state index is -1.25. The quantitative estimate of drug-likeness (QED) is 0.0615. The van der Waals surface area contributed by atoms with Gasteiger partial charge in [-0.2, -0.15) is 0 Å². The maximum absolute atomic E-state index is 12.9. The van der Waals surface area contributed by atoms with E-state index in [-0.39, 0.29) is 51.3 Å². The van der Waals surface area contributed by atoms with E-state index >= 15 is 0 Å². The molecular weight excluding hydrogens is 646 g/mol. The fraction of sp³-hybridized carbons (Fsp3) is 0.387. The largest absolute Gasteiger partial charge is 0.480 e. The van der Waals surface area contributed by atoms with Gasteiger partial charge in [-0.05, 0) is 29.7 Å². The van der Waals surface area contributed by atoms with Crippen molar-refractivity contribution in [1.82, 2.24) is 30.9 Å². The lowest BCUT2D eigenvalue weighted by molar-refractivity contribution is -0.143. The fourth-order valence-corrected chi connectivity index (χ4v) is 4.51. The van der Waals surface area contributed by atoms with E-state index in [9.17, 15) is 33.6 Å². The number of carbonyl (C=O) groups is 7. The van der Waals surface area contributed by atoms with Crippen LogP contribution in [0.2, 0.25) is 0 Å². The molecule has 2 aromatic carbocycles. The lowest BCUT2D eigenvalue weighted by Crippen LogP contribution is -2.50. The summed E-state index contributed by atoms with van der Waals surface area (Å²) in [5.74, 6) is -6.66. The number of amides is 3. The van der Waals surface area contributed by atoms with Crippen LogP contribution < -0.4 is 21.9 Å². The number of carboxylic acids is 4. The van der Waals surface area contributed by atoms with Crippen LogP contribution in [0.4, 0.5) is 0 Å². The molecule has 1 atom stereocenters. The summed E-state index contributed by atoms with van der Waals surface area (Å²) in [7, 11) is 0. The van der Waals surface area contributed by atoms with Crippen molar-refractivity contribution >= 4 is 41.6 Å². The van der Waals surface area contributed by atoms with Crippen molar-refractivity contribution in [3.8, 4) is 0 Å². The van der Waals surface area contributed by atoms with Gasteiger partial charge in [0.2, 0.25) is 5.91 Å². The molecule has 49 heavy (non-hydrogen) atoms. The zero-order chi connectivity index (χ0) is 36.3. The summed E-state index contributed by atoms with van der Waals surface area (Å²) in [6, 6.07) is 14.4. The molecule has 0 aliphatic heterocycles. The molecule has 0 saturated carbocycles. The van der Waals surface area contributed by atoms with E-state index in [0.717, 1.165) is 15.4 Å². The summed E-state index contributed by atoms with van der Waals surface area (Å²) in [6.45, 7) is -2.59. The molecule has 0 aliphatic rings. The number of hydrazine groups is 1. The van der Waals surface area contributed by atoms with Crippen molar-refractivity contribution in [3.05, 3.63) is 71.3 Å². The zero-order valence-corrected chi connectivity index (χ0v) is 26.6. The molecule has 0 bridgehead atoms. The van der Waals surface area contributed by atoms with E-state index in [4.69, 9.17) is 26.2 Å². The summed E-state index contributed by atoms with van der Waals surface area (Å²) in [6.07, 6.45) is 0.280. The number of hydrogen-bond donors (Lipinski definition) is 8. The molecule has 9 N–H and O–H groups in total. The van der Waals surface area contributed by atoms with Gasteiger partial charge < -0.3 is 31.5 Å². The summed E-state index contributed by atoms with van der Waals surface area (Å²) in [4.78, 5) is 86.2. The Morgan fingerprint density at radius 3 is 1.53 bits per heavy atom. The second-order valence-electron chi connectivity index (χ2n) is 11.0. The highest BCUT2D eigenvalue weighted by Gasteiger charge is 2.20. The first-order valence-electron chi connectivity index (χ1n) is 15.0. The Bertz CT molecular complexity index is 1370. The first kappa shape index (κ1) is 39.7. The average molecular weight is 688 g/mol. The smallest absolute Gasteiger partial charge is 0.317 e. The van der Waals surface area contributed by atoms with Gasteiger partial charge in [0.05, 0.1) is 38.8 Å². The van der Waals surface area contributed by atoms with Crippen LogP contribution in [-0.2, 0) is 41.7 Å². The van der Waals surface area contributed by atoms with Crippen molar-refractivity contribution in [1.29, 1.82) is 0 Å². The minimum absolute atomic E-state index is 0.0134. The Labute approximate surface area is 281 Å². The van der Waals surface area contributed by atoms with Gasteiger partial charge in [-0.15, -0.1) is 0 Å². The number of nitrogens with two attached hydrogens (primary N) is 1. The van der Waals surface area contributed by atoms with Gasteiger partial charge >= 0.3 is 23.9 Å². The molecule has 2 rings (SSSR count). The molecular formula is C31H41N7O11. The van der Waals surface area contributed by atoms with E-state index < -0.39 is 73.8 Å². The van der Waals surface area contributed by atoms with Gasteiger partial charge in [0.1, 0.15) is 0 Å². The maximum Gasteiger partial charge on any atom is 0.317 e. The van der Waals surface area contributed by atoms with Crippen LogP contribution in [0.15, 0.2) is 54.6 Å². The number of benzene rings is 2. The molecule has 0 aliphatic carbocycles. The number of nitrogens with zero attached hydrogens (tertiary/aromatic N) is 3. The molecule has 266 valence electrons. The predicted octanol–water partition coefficient (Wildman–Crippen LogP) is -2.12. The van der Waals surface area contributed by atoms with Crippen molar-refractivity contribution in [2.75, 3.05) is 58.9 Å². The number of carboxylic acid groups (broad SMARTS) is 4. The summed E-state index contributed by atoms with van der Waals surface area (Å²) in [5.41, 5.74) is 12.2. The Morgan fingerprint density at radius 2 is 1.06 bits per heavy atom. The second kappa shape index (κ2) is 20.7. The van der Waals surface area contributed by atoms with Crippen LogP contribution in [0.5, 0.6) is 0 Å². The molecule has 2 aromatic rings. The van der Waals surface area contributed by atoms with Gasteiger partial charge in [-0.1, -0.05) is 42.5 Å². The van der Waals surface area contributed by atoms with E-state index in [0.29, 0.717) is 5.56 Å². The molecule has 18 nitrogen and oxygen atoms in total. The Balaban J connectivity index is 1.95. The first-order valence-corrected chi connectivity index (χ1v) is 15.0. The maximum atomic E-state index is 12.9. The molecule has 0 unspecified atom stereocenters. The Hall–Kier alpha value is -5.43. The van der Waals surface area contributed by atoms with E-state index in [1.807, 2.05) is 30.3 Å². The molecule has 0 aromatic heterocycles. The van der Waals surface area contributed by atoms with Crippen LogP contribution in [0.1, 0.15) is 21.5 Å². The average Bonchev–Trinajstić information content (AvgIpc) is 3.03. The van der Waals surface area contributed by atoms with Gasteiger partial charge in [-0.3, -0.25) is 59.1 Å². The van der Waals surface area contributed by atoms with Gasteiger partial charge in [0.25, 0.3) is 11.8 Å². The van der Waals surface area contributed by atoms with Crippen molar-refractivity contribution < 1.29 is 54.0 Å². The van der Waals surface area contributed by atoms with Crippen LogP contribution in [-0.4, -0.2) is 142 Å². The molecule has 0 spiro atoms. The topological polar surface area (TPSA) is 272 Å². The fourth-order valence-electron chi connectivity index (χ4n) is 4.51. The highest BCUT2D eigenvalue weighted by molar-refractivity contribution is 5.96. The number of aliphatic carboxylic acids is 4. The first-order chi connectivity index (χ1) is 23.2. The number of rotatable bonds is 22.